The van der Waals surface area contributed by atoms with Gasteiger partial charge < -0.3 is 5.32 Å². The van der Waals surface area contributed by atoms with Crippen molar-refractivity contribution in [3.8, 4) is 0 Å². The van der Waals surface area contributed by atoms with Gasteiger partial charge in [-0.15, -0.1) is 0 Å². The number of hydrogen-bond donors (Lipinski definition) is 1. The largest absolute Gasteiger partial charge is 0.355 e. The molecule has 3 heterocycles. The lowest BCUT2D eigenvalue weighted by molar-refractivity contribution is 0.544. The average molecular weight is 548 g/mol. The van der Waals surface area contributed by atoms with Gasteiger partial charge in [0.1, 0.15) is 18.0 Å². The third-order valence-corrected chi connectivity index (χ3v) is 6.07. The molecule has 190 valence electrons. The molecule has 0 aliphatic rings. The van der Waals surface area contributed by atoms with Crippen LogP contribution in [0, 0.1) is 11.6 Å². The van der Waals surface area contributed by atoms with Crippen LogP contribution in [-0.4, -0.2) is 38.7 Å². The van der Waals surface area contributed by atoms with Gasteiger partial charge in [-0.1, -0.05) is 23.2 Å². The molecule has 11 nitrogen and oxygen atoms in total. The van der Waals surface area contributed by atoms with E-state index in [2.05, 4.69) is 25.5 Å². The number of benzene rings is 2. The quantitative estimate of drug-likeness (QED) is 0.325. The normalized spacial score (nSPS) is 11.4. The monoisotopic (exact) mass is 547 g/mol. The zero-order chi connectivity index (χ0) is 26.4. The molecule has 0 aliphatic heterocycles. The van der Waals surface area contributed by atoms with Gasteiger partial charge in [-0.3, -0.25) is 13.9 Å². The van der Waals surface area contributed by atoms with E-state index in [1.54, 1.807) is 37.1 Å². The van der Waals surface area contributed by atoms with Crippen LogP contribution in [0.1, 0.15) is 11.4 Å². The van der Waals surface area contributed by atoms with Gasteiger partial charge >= 0.3 is 11.4 Å². The summed E-state index contributed by atoms with van der Waals surface area (Å²) in [6.07, 6.45) is 3.17. The lowest BCUT2D eigenvalue weighted by Gasteiger charge is -2.16. The number of aromatic nitrogens is 8. The predicted molar refractivity (Wildman–Crippen MR) is 132 cm³/mol. The predicted octanol–water partition coefficient (Wildman–Crippen LogP) is 2.85. The highest BCUT2D eigenvalue weighted by atomic mass is 35.5. The molecule has 15 heteroatoms. The summed E-state index contributed by atoms with van der Waals surface area (Å²) < 4.78 is 33.2. The van der Waals surface area contributed by atoms with Gasteiger partial charge in [-0.25, -0.2) is 27.9 Å². The smallest absolute Gasteiger partial charge is 0.324 e. The minimum atomic E-state index is -0.950. The van der Waals surface area contributed by atoms with E-state index in [1.165, 1.54) is 11.0 Å². The SMILES string of the molecule is Cn1cnc(Cn2c(=O)nc(Nc3cc4cn(C)nc4cc3Cl)n(Cc3cc(Cl)c(F)cc3F)c2=O)n1. The van der Waals surface area contributed by atoms with Crippen molar-refractivity contribution in [1.82, 2.24) is 38.7 Å². The van der Waals surface area contributed by atoms with Gasteiger partial charge in [-0.05, 0) is 18.2 Å². The van der Waals surface area contributed by atoms with E-state index in [-0.39, 0.29) is 33.9 Å². The maximum atomic E-state index is 14.6. The number of nitrogens with zero attached hydrogens (tertiary/aromatic N) is 8. The molecule has 0 fully saturated rings. The first-order chi connectivity index (χ1) is 17.6. The highest BCUT2D eigenvalue weighted by Gasteiger charge is 2.19. The number of aryl methyl sites for hydroxylation is 2. The van der Waals surface area contributed by atoms with E-state index >= 15 is 0 Å². The molecule has 3 aromatic heterocycles. The molecule has 0 saturated carbocycles. The van der Waals surface area contributed by atoms with E-state index < -0.39 is 29.6 Å². The van der Waals surface area contributed by atoms with Crippen LogP contribution in [0.15, 0.2) is 46.4 Å². The Morgan fingerprint density at radius 1 is 0.919 bits per heavy atom. The summed E-state index contributed by atoms with van der Waals surface area (Å²) in [6, 6.07) is 4.95. The highest BCUT2D eigenvalue weighted by molar-refractivity contribution is 6.34. The molecule has 5 rings (SSSR count). The Balaban J connectivity index is 1.64. The van der Waals surface area contributed by atoms with Gasteiger partial charge in [-0.2, -0.15) is 15.2 Å². The molecule has 0 spiro atoms. The fourth-order valence-corrected chi connectivity index (χ4v) is 4.13. The third kappa shape index (κ3) is 4.82. The van der Waals surface area contributed by atoms with Crippen molar-refractivity contribution in [2.45, 2.75) is 13.1 Å². The minimum absolute atomic E-state index is 0.103. The molecular weight excluding hydrogens is 531 g/mol. The molecule has 0 bridgehead atoms. The van der Waals surface area contributed by atoms with Gasteiger partial charge in [0.25, 0.3) is 0 Å². The summed E-state index contributed by atoms with van der Waals surface area (Å²) >= 11 is 12.3. The van der Waals surface area contributed by atoms with Gasteiger partial charge in [0, 0.05) is 37.3 Å². The molecule has 5 aromatic rings. The third-order valence-electron chi connectivity index (χ3n) is 5.47. The molecule has 0 saturated heterocycles. The number of rotatable bonds is 6. The van der Waals surface area contributed by atoms with Gasteiger partial charge in [0.2, 0.25) is 5.95 Å². The van der Waals surface area contributed by atoms with E-state index in [0.717, 1.165) is 20.6 Å². The maximum Gasteiger partial charge on any atom is 0.355 e. The molecular formula is C22H17Cl2F2N9O2. The lowest BCUT2D eigenvalue weighted by atomic mass is 10.2. The Morgan fingerprint density at radius 2 is 1.70 bits per heavy atom. The van der Waals surface area contributed by atoms with Gasteiger partial charge in [0.15, 0.2) is 5.82 Å². The van der Waals surface area contributed by atoms with E-state index in [1.807, 2.05) is 0 Å². The van der Waals surface area contributed by atoms with Crippen LogP contribution in [-0.2, 0) is 27.2 Å². The minimum Gasteiger partial charge on any atom is -0.324 e. The molecule has 0 radical (unpaired) electrons. The van der Waals surface area contributed by atoms with Crippen molar-refractivity contribution in [2.75, 3.05) is 5.32 Å². The van der Waals surface area contributed by atoms with Crippen molar-refractivity contribution in [1.29, 1.82) is 0 Å². The highest BCUT2D eigenvalue weighted by Crippen LogP contribution is 2.29. The number of anilines is 2. The molecule has 0 unspecified atom stereocenters. The summed E-state index contributed by atoms with van der Waals surface area (Å²) in [4.78, 5) is 34.4. The molecule has 2 aromatic carbocycles. The fraction of sp³-hybridized carbons (Fsp3) is 0.182. The Bertz CT molecular complexity index is 1790. The van der Waals surface area contributed by atoms with Crippen LogP contribution >= 0.6 is 23.2 Å². The Labute approximate surface area is 216 Å². The summed E-state index contributed by atoms with van der Waals surface area (Å²) in [5.74, 6) is -1.91. The summed E-state index contributed by atoms with van der Waals surface area (Å²) in [6.45, 7) is -0.705. The van der Waals surface area contributed by atoms with E-state index in [4.69, 9.17) is 23.2 Å². The Morgan fingerprint density at radius 3 is 2.43 bits per heavy atom. The van der Waals surface area contributed by atoms with Crippen LogP contribution < -0.4 is 16.7 Å². The number of fused-ring (bicyclic) bond motifs is 1. The Hall–Kier alpha value is -4.10. The zero-order valence-electron chi connectivity index (χ0n) is 19.3. The van der Waals surface area contributed by atoms with Crippen LogP contribution in [0.25, 0.3) is 10.9 Å². The van der Waals surface area contributed by atoms with E-state index in [0.29, 0.717) is 17.3 Å². The fourth-order valence-electron chi connectivity index (χ4n) is 3.74. The van der Waals surface area contributed by atoms with Crippen molar-refractivity contribution >= 4 is 45.7 Å². The molecule has 0 atom stereocenters. The molecule has 0 aliphatic carbocycles. The zero-order valence-corrected chi connectivity index (χ0v) is 20.8. The second kappa shape index (κ2) is 9.41. The number of halogens is 4. The molecule has 1 N–H and O–H groups in total. The summed E-state index contributed by atoms with van der Waals surface area (Å²) in [7, 11) is 3.38. The average Bonchev–Trinajstić information content (AvgIpc) is 3.40. The first-order valence-corrected chi connectivity index (χ1v) is 11.4. The Kier molecular flexibility index (Phi) is 6.25. The standard InChI is InChI=1S/C22H17Cl2F2N9O2/c1-32-7-12-4-18(14(24)5-17(12)30-32)28-20-29-21(36)35(9-19-27-10-33(2)31-19)22(37)34(20)8-11-3-13(23)16(26)6-15(11)25/h3-7,10H,8-9H2,1-2H3,(H,28,29,36). The van der Waals surface area contributed by atoms with Crippen LogP contribution in [0.2, 0.25) is 10.0 Å². The second-order valence-corrected chi connectivity index (χ2v) is 9.00. The second-order valence-electron chi connectivity index (χ2n) is 8.18. The van der Waals surface area contributed by atoms with Crippen LogP contribution in [0.5, 0.6) is 0 Å². The van der Waals surface area contributed by atoms with Crippen molar-refractivity contribution in [3.05, 3.63) is 90.8 Å². The summed E-state index contributed by atoms with van der Waals surface area (Å²) in [5.41, 5.74) is -0.886. The number of nitrogens with one attached hydrogen (secondary N) is 1. The van der Waals surface area contributed by atoms with E-state index in [9.17, 15) is 18.4 Å². The van der Waals surface area contributed by atoms with Crippen molar-refractivity contribution in [3.63, 3.8) is 0 Å². The van der Waals surface area contributed by atoms with Crippen molar-refractivity contribution in [2.24, 2.45) is 14.1 Å². The van der Waals surface area contributed by atoms with Gasteiger partial charge in [0.05, 0.1) is 34.3 Å². The summed E-state index contributed by atoms with van der Waals surface area (Å²) in [5, 5.41) is 11.9. The van der Waals surface area contributed by atoms with Crippen LogP contribution in [0.3, 0.4) is 0 Å². The topological polar surface area (TPSA) is 117 Å². The van der Waals surface area contributed by atoms with Crippen LogP contribution in [0.4, 0.5) is 20.4 Å². The number of hydrogen-bond acceptors (Lipinski definition) is 7. The first-order valence-electron chi connectivity index (χ1n) is 10.7. The lowest BCUT2D eigenvalue weighted by Crippen LogP contribution is -2.43. The molecule has 37 heavy (non-hydrogen) atoms. The first kappa shape index (κ1) is 24.6. The maximum absolute atomic E-state index is 14.6. The molecule has 0 amide bonds. The van der Waals surface area contributed by atoms with Crippen molar-refractivity contribution < 1.29 is 8.78 Å².